The van der Waals surface area contributed by atoms with Gasteiger partial charge in [0, 0.05) is 19.0 Å². The molecule has 6 nitrogen and oxygen atoms in total. The van der Waals surface area contributed by atoms with Crippen LogP contribution in [-0.4, -0.2) is 43.0 Å². The van der Waals surface area contributed by atoms with E-state index in [4.69, 9.17) is 9.47 Å². The monoisotopic (exact) mass is 426 g/mol. The van der Waals surface area contributed by atoms with Gasteiger partial charge in [-0.25, -0.2) is 0 Å². The van der Waals surface area contributed by atoms with E-state index in [1.165, 1.54) is 0 Å². The van der Waals surface area contributed by atoms with Crippen molar-refractivity contribution in [3.8, 4) is 11.5 Å². The molecular formula is C25H34N2O4. The Morgan fingerprint density at radius 1 is 0.968 bits per heavy atom. The van der Waals surface area contributed by atoms with E-state index in [0.717, 1.165) is 11.1 Å². The van der Waals surface area contributed by atoms with Gasteiger partial charge in [0.25, 0.3) is 0 Å². The van der Waals surface area contributed by atoms with Crippen LogP contribution >= 0.6 is 0 Å². The average Bonchev–Trinajstić information content (AvgIpc) is 2.77. The van der Waals surface area contributed by atoms with E-state index in [1.54, 1.807) is 19.1 Å². The van der Waals surface area contributed by atoms with Gasteiger partial charge in [0.1, 0.15) is 6.04 Å². The third-order valence-electron chi connectivity index (χ3n) is 5.09. The third kappa shape index (κ3) is 7.02. The first kappa shape index (κ1) is 24.3. The lowest BCUT2D eigenvalue weighted by molar-refractivity contribution is -0.141. The standard InChI is InChI=1S/C25H34N2O4/c1-6-21(25(29)26-18(2)3)27(17-20-10-8-7-9-11-20)24(28)15-13-19-12-14-22(30-4)23(16-19)31-5/h7-12,14,16,18,21H,6,13,15,17H2,1-5H3,(H,26,29). The van der Waals surface area contributed by atoms with Crippen LogP contribution in [0, 0.1) is 0 Å². The molecule has 6 heteroatoms. The van der Waals surface area contributed by atoms with Gasteiger partial charge >= 0.3 is 0 Å². The highest BCUT2D eigenvalue weighted by Crippen LogP contribution is 2.28. The Labute approximate surface area is 185 Å². The van der Waals surface area contributed by atoms with Crippen LogP contribution in [0.5, 0.6) is 11.5 Å². The molecule has 1 N–H and O–H groups in total. The molecule has 0 aliphatic heterocycles. The van der Waals surface area contributed by atoms with E-state index in [9.17, 15) is 9.59 Å². The SMILES string of the molecule is CCC(C(=O)NC(C)C)N(Cc1ccccc1)C(=O)CCc1ccc(OC)c(OC)c1. The van der Waals surface area contributed by atoms with Crippen LogP contribution in [0.15, 0.2) is 48.5 Å². The van der Waals surface area contributed by atoms with Gasteiger partial charge in [-0.1, -0.05) is 43.3 Å². The van der Waals surface area contributed by atoms with Crippen molar-refractivity contribution in [3.05, 3.63) is 59.7 Å². The highest BCUT2D eigenvalue weighted by atomic mass is 16.5. The van der Waals surface area contributed by atoms with E-state index >= 15 is 0 Å². The lowest BCUT2D eigenvalue weighted by Crippen LogP contribution is -2.50. The summed E-state index contributed by atoms with van der Waals surface area (Å²) in [5.41, 5.74) is 1.98. The summed E-state index contributed by atoms with van der Waals surface area (Å²) >= 11 is 0. The Kier molecular flexibility index (Phi) is 9.38. The van der Waals surface area contributed by atoms with E-state index < -0.39 is 6.04 Å². The summed E-state index contributed by atoms with van der Waals surface area (Å²) in [6.07, 6.45) is 1.40. The number of carbonyl (C=O) groups is 2. The molecule has 0 heterocycles. The Hall–Kier alpha value is -3.02. The second-order valence-corrected chi connectivity index (χ2v) is 7.78. The smallest absolute Gasteiger partial charge is 0.243 e. The minimum absolute atomic E-state index is 0.0157. The zero-order valence-corrected chi connectivity index (χ0v) is 19.2. The minimum atomic E-state index is -0.513. The predicted octanol–water partition coefficient (Wildman–Crippen LogP) is 3.97. The van der Waals surface area contributed by atoms with Crippen molar-refractivity contribution in [1.29, 1.82) is 0 Å². The number of amides is 2. The molecular weight excluding hydrogens is 392 g/mol. The van der Waals surface area contributed by atoms with Gasteiger partial charge in [-0.05, 0) is 49.9 Å². The molecule has 0 saturated carbocycles. The van der Waals surface area contributed by atoms with Crippen molar-refractivity contribution in [3.63, 3.8) is 0 Å². The fourth-order valence-electron chi connectivity index (χ4n) is 3.51. The summed E-state index contributed by atoms with van der Waals surface area (Å²) in [6.45, 7) is 6.18. The third-order valence-corrected chi connectivity index (χ3v) is 5.09. The maximum atomic E-state index is 13.3. The lowest BCUT2D eigenvalue weighted by Gasteiger charge is -2.31. The summed E-state index contributed by atoms with van der Waals surface area (Å²) in [7, 11) is 3.18. The number of benzene rings is 2. The van der Waals surface area contributed by atoms with Crippen LogP contribution in [0.2, 0.25) is 0 Å². The number of hydrogen-bond acceptors (Lipinski definition) is 4. The molecule has 0 spiro atoms. The van der Waals surface area contributed by atoms with Gasteiger partial charge < -0.3 is 19.7 Å². The first-order chi connectivity index (χ1) is 14.9. The molecule has 0 saturated heterocycles. The molecule has 1 atom stereocenters. The van der Waals surface area contributed by atoms with E-state index in [-0.39, 0.29) is 17.9 Å². The Morgan fingerprint density at radius 3 is 2.23 bits per heavy atom. The molecule has 0 fully saturated rings. The normalized spacial score (nSPS) is 11.7. The number of carbonyl (C=O) groups excluding carboxylic acids is 2. The second-order valence-electron chi connectivity index (χ2n) is 7.78. The molecule has 0 radical (unpaired) electrons. The molecule has 2 aromatic carbocycles. The lowest BCUT2D eigenvalue weighted by atomic mass is 10.1. The van der Waals surface area contributed by atoms with E-state index in [1.807, 2.05) is 69.3 Å². The molecule has 2 aromatic rings. The largest absolute Gasteiger partial charge is 0.493 e. The topological polar surface area (TPSA) is 67.9 Å². The highest BCUT2D eigenvalue weighted by Gasteiger charge is 2.28. The van der Waals surface area contributed by atoms with Crippen molar-refractivity contribution in [2.45, 2.75) is 58.7 Å². The number of ether oxygens (including phenoxy) is 2. The summed E-state index contributed by atoms with van der Waals surface area (Å²) in [5.74, 6) is 1.12. The molecule has 0 bridgehead atoms. The number of aryl methyl sites for hydroxylation is 1. The number of methoxy groups -OCH3 is 2. The molecule has 31 heavy (non-hydrogen) atoms. The quantitative estimate of drug-likeness (QED) is 0.590. The van der Waals surface area contributed by atoms with Gasteiger partial charge in [0.15, 0.2) is 11.5 Å². The summed E-state index contributed by atoms with van der Waals surface area (Å²) in [5, 5.41) is 2.95. The maximum absolute atomic E-state index is 13.3. The van der Waals surface area contributed by atoms with E-state index in [0.29, 0.717) is 37.3 Å². The summed E-state index contributed by atoms with van der Waals surface area (Å²) < 4.78 is 10.6. The average molecular weight is 427 g/mol. The molecule has 0 aliphatic carbocycles. The number of nitrogens with zero attached hydrogens (tertiary/aromatic N) is 1. The number of rotatable bonds is 11. The van der Waals surface area contributed by atoms with Crippen molar-refractivity contribution < 1.29 is 19.1 Å². The first-order valence-electron chi connectivity index (χ1n) is 10.7. The van der Waals surface area contributed by atoms with E-state index in [2.05, 4.69) is 5.32 Å². The molecule has 0 aromatic heterocycles. The van der Waals surface area contributed by atoms with Crippen LogP contribution in [0.1, 0.15) is 44.7 Å². The van der Waals surface area contributed by atoms with Crippen molar-refractivity contribution in [2.24, 2.45) is 0 Å². The fourth-order valence-corrected chi connectivity index (χ4v) is 3.51. The predicted molar refractivity (Wildman–Crippen MR) is 122 cm³/mol. The first-order valence-corrected chi connectivity index (χ1v) is 10.7. The van der Waals surface area contributed by atoms with Crippen LogP contribution in [0.25, 0.3) is 0 Å². The summed E-state index contributed by atoms with van der Waals surface area (Å²) in [4.78, 5) is 27.8. The van der Waals surface area contributed by atoms with Crippen molar-refractivity contribution >= 4 is 11.8 Å². The second kappa shape index (κ2) is 12.0. The fraction of sp³-hybridized carbons (Fsp3) is 0.440. The van der Waals surface area contributed by atoms with Crippen LogP contribution in [-0.2, 0) is 22.6 Å². The molecule has 2 amide bonds. The number of hydrogen-bond donors (Lipinski definition) is 1. The molecule has 1 unspecified atom stereocenters. The molecule has 0 aliphatic rings. The molecule has 168 valence electrons. The zero-order chi connectivity index (χ0) is 22.8. The van der Waals surface area contributed by atoms with Crippen LogP contribution in [0.4, 0.5) is 0 Å². The van der Waals surface area contributed by atoms with Crippen molar-refractivity contribution in [1.82, 2.24) is 10.2 Å². The minimum Gasteiger partial charge on any atom is -0.493 e. The van der Waals surface area contributed by atoms with Gasteiger partial charge in [-0.2, -0.15) is 0 Å². The van der Waals surface area contributed by atoms with Crippen LogP contribution < -0.4 is 14.8 Å². The van der Waals surface area contributed by atoms with Gasteiger partial charge in [-0.3, -0.25) is 9.59 Å². The van der Waals surface area contributed by atoms with Gasteiger partial charge in [-0.15, -0.1) is 0 Å². The Morgan fingerprint density at radius 2 is 1.65 bits per heavy atom. The van der Waals surface area contributed by atoms with Crippen LogP contribution in [0.3, 0.4) is 0 Å². The Balaban J connectivity index is 2.19. The van der Waals surface area contributed by atoms with Gasteiger partial charge in [0.2, 0.25) is 11.8 Å². The highest BCUT2D eigenvalue weighted by molar-refractivity contribution is 5.87. The summed E-state index contributed by atoms with van der Waals surface area (Å²) in [6, 6.07) is 14.9. The zero-order valence-electron chi connectivity index (χ0n) is 19.2. The van der Waals surface area contributed by atoms with Crippen molar-refractivity contribution in [2.75, 3.05) is 14.2 Å². The molecule has 2 rings (SSSR count). The number of nitrogens with one attached hydrogen (secondary N) is 1. The maximum Gasteiger partial charge on any atom is 0.243 e. The van der Waals surface area contributed by atoms with Gasteiger partial charge in [0.05, 0.1) is 14.2 Å². The Bertz CT molecular complexity index is 852.